The van der Waals surface area contributed by atoms with Crippen molar-refractivity contribution in [3.05, 3.63) is 36.9 Å². The molecule has 3 aromatic heterocycles. The number of rotatable bonds is 5. The normalized spacial score (nSPS) is 29.9. The highest BCUT2D eigenvalue weighted by molar-refractivity contribution is 5.79. The molecule has 1 saturated carbocycles. The number of aryl methyl sites for hydroxylation is 1. The number of methoxy groups -OCH3 is 1. The Bertz CT molecular complexity index is 1170. The molecule has 2 saturated heterocycles. The maximum atomic E-state index is 9.64. The van der Waals surface area contributed by atoms with Crippen LogP contribution < -0.4 is 4.90 Å². The molecule has 166 valence electrons. The molecule has 3 aromatic rings. The van der Waals surface area contributed by atoms with E-state index in [1.165, 1.54) is 18.5 Å². The van der Waals surface area contributed by atoms with Crippen molar-refractivity contribution in [1.29, 1.82) is 5.26 Å². The second-order valence-corrected chi connectivity index (χ2v) is 9.80. The van der Waals surface area contributed by atoms with Gasteiger partial charge in [0.1, 0.15) is 0 Å². The third kappa shape index (κ3) is 3.03. The van der Waals surface area contributed by atoms with E-state index in [1.54, 1.807) is 7.11 Å². The fraction of sp³-hybridized carbons (Fsp3) is 0.542. The highest BCUT2D eigenvalue weighted by atomic mass is 16.5. The van der Waals surface area contributed by atoms with Crippen LogP contribution in [0.4, 0.5) is 5.69 Å². The maximum Gasteiger partial charge on any atom is 0.0886 e. The first-order valence-corrected chi connectivity index (χ1v) is 11.5. The minimum absolute atomic E-state index is 0.276. The number of nitrogens with zero attached hydrogens (tertiary/aromatic N) is 7. The number of piperazine rings is 1. The lowest BCUT2D eigenvalue weighted by Gasteiger charge is -2.53. The van der Waals surface area contributed by atoms with Gasteiger partial charge in [-0.25, -0.2) is 4.52 Å². The smallest absolute Gasteiger partial charge is 0.0886 e. The summed E-state index contributed by atoms with van der Waals surface area (Å²) in [4.78, 5) is 5.29. The van der Waals surface area contributed by atoms with Gasteiger partial charge in [0.05, 0.1) is 35.5 Å². The zero-order chi connectivity index (χ0) is 21.9. The van der Waals surface area contributed by atoms with Crippen LogP contribution in [0, 0.1) is 16.7 Å². The Morgan fingerprint density at radius 2 is 1.91 bits per heavy atom. The molecule has 2 bridgehead atoms. The Hall–Kier alpha value is -2.89. The van der Waals surface area contributed by atoms with Crippen LogP contribution in [-0.4, -0.2) is 69.2 Å². The van der Waals surface area contributed by atoms with Crippen LogP contribution in [0.25, 0.3) is 16.6 Å². The van der Waals surface area contributed by atoms with Crippen LogP contribution >= 0.6 is 0 Å². The van der Waals surface area contributed by atoms with E-state index in [2.05, 4.69) is 44.4 Å². The van der Waals surface area contributed by atoms with Gasteiger partial charge in [0.2, 0.25) is 0 Å². The summed E-state index contributed by atoms with van der Waals surface area (Å²) in [6.07, 6.45) is 12.3. The van der Waals surface area contributed by atoms with E-state index in [1.807, 2.05) is 34.8 Å². The third-order valence-corrected chi connectivity index (χ3v) is 7.74. The Kier molecular flexibility index (Phi) is 4.52. The molecule has 0 spiro atoms. The van der Waals surface area contributed by atoms with Crippen molar-refractivity contribution in [3.63, 3.8) is 0 Å². The van der Waals surface area contributed by atoms with Crippen LogP contribution in [0.5, 0.6) is 0 Å². The van der Waals surface area contributed by atoms with Gasteiger partial charge in [-0.2, -0.15) is 15.5 Å². The van der Waals surface area contributed by atoms with Crippen LogP contribution in [0.2, 0.25) is 0 Å². The van der Waals surface area contributed by atoms with Crippen LogP contribution in [0.3, 0.4) is 0 Å². The number of ether oxygens (including phenoxy) is 1. The van der Waals surface area contributed by atoms with E-state index in [0.29, 0.717) is 24.7 Å². The minimum Gasteiger partial charge on any atom is -0.383 e. The molecular weight excluding hydrogens is 402 g/mol. The first kappa shape index (κ1) is 19.8. The predicted molar refractivity (Wildman–Crippen MR) is 121 cm³/mol. The van der Waals surface area contributed by atoms with Gasteiger partial charge >= 0.3 is 0 Å². The number of hydrogen-bond acceptors (Lipinski definition) is 6. The zero-order valence-corrected chi connectivity index (χ0v) is 18.7. The van der Waals surface area contributed by atoms with E-state index in [4.69, 9.17) is 4.74 Å². The van der Waals surface area contributed by atoms with Gasteiger partial charge in [0.15, 0.2) is 0 Å². The Morgan fingerprint density at radius 3 is 2.56 bits per heavy atom. The number of hydrogen-bond donors (Lipinski definition) is 0. The predicted octanol–water partition coefficient (Wildman–Crippen LogP) is 2.71. The highest BCUT2D eigenvalue weighted by Crippen LogP contribution is 2.48. The van der Waals surface area contributed by atoms with Crippen molar-refractivity contribution in [2.45, 2.75) is 43.8 Å². The van der Waals surface area contributed by atoms with Crippen molar-refractivity contribution < 1.29 is 4.74 Å². The summed E-state index contributed by atoms with van der Waals surface area (Å²) >= 11 is 0. The molecule has 8 nitrogen and oxygen atoms in total. The van der Waals surface area contributed by atoms with E-state index in [9.17, 15) is 5.26 Å². The van der Waals surface area contributed by atoms with Gasteiger partial charge < -0.3 is 9.64 Å². The fourth-order valence-electron chi connectivity index (χ4n) is 6.29. The Labute approximate surface area is 188 Å². The topological polar surface area (TPSA) is 74.6 Å². The van der Waals surface area contributed by atoms with E-state index in [0.717, 1.165) is 42.6 Å². The van der Waals surface area contributed by atoms with Crippen molar-refractivity contribution in [3.8, 4) is 17.2 Å². The summed E-state index contributed by atoms with van der Waals surface area (Å²) < 4.78 is 9.15. The lowest BCUT2D eigenvalue weighted by atomic mass is 9.66. The van der Waals surface area contributed by atoms with Crippen molar-refractivity contribution in [2.24, 2.45) is 12.5 Å². The molecule has 0 unspecified atom stereocenters. The molecule has 3 aliphatic rings. The summed E-state index contributed by atoms with van der Waals surface area (Å²) in [7, 11) is 3.64. The zero-order valence-electron chi connectivity index (χ0n) is 18.7. The lowest BCUT2D eigenvalue weighted by molar-refractivity contribution is -0.0365. The second kappa shape index (κ2) is 7.32. The van der Waals surface area contributed by atoms with Crippen molar-refractivity contribution in [2.75, 3.05) is 31.7 Å². The molecule has 32 heavy (non-hydrogen) atoms. The molecule has 5 heterocycles. The Balaban J connectivity index is 1.23. The molecule has 2 atom stereocenters. The van der Waals surface area contributed by atoms with Gasteiger partial charge in [0, 0.05) is 75.1 Å². The monoisotopic (exact) mass is 431 g/mol. The number of aromatic nitrogens is 4. The molecular formula is C24H29N7O. The first-order chi connectivity index (χ1) is 15.6. The lowest BCUT2D eigenvalue weighted by Crippen LogP contribution is -2.62. The van der Waals surface area contributed by atoms with E-state index >= 15 is 0 Å². The molecule has 0 radical (unpaired) electrons. The van der Waals surface area contributed by atoms with Crippen LogP contribution in [0.15, 0.2) is 36.9 Å². The minimum atomic E-state index is -0.276. The van der Waals surface area contributed by atoms with Crippen molar-refractivity contribution >= 4 is 11.2 Å². The van der Waals surface area contributed by atoms with Gasteiger partial charge in [0.25, 0.3) is 0 Å². The van der Waals surface area contributed by atoms with E-state index in [-0.39, 0.29) is 5.41 Å². The van der Waals surface area contributed by atoms with Crippen molar-refractivity contribution in [1.82, 2.24) is 24.3 Å². The standard InChI is InChI=1S/C24H29N7O/c1-28-11-18(10-27-28)17-7-23-22(5-6-26-30(23)12-17)29-13-19-3-4-20(14-29)31(19)21-8-24(9-21,15-25)16-32-2/h5-7,10-12,19-21H,3-4,8-9,13-14,16H2,1-2H3/t19-,20-,21?,24?/m0/s1. The van der Waals surface area contributed by atoms with E-state index < -0.39 is 0 Å². The van der Waals surface area contributed by atoms with Gasteiger partial charge in [-0.15, -0.1) is 0 Å². The summed E-state index contributed by atoms with van der Waals surface area (Å²) in [6, 6.07) is 8.54. The Morgan fingerprint density at radius 1 is 1.12 bits per heavy atom. The fourth-order valence-corrected chi connectivity index (χ4v) is 6.29. The van der Waals surface area contributed by atoms with Gasteiger partial charge in [-0.05, 0) is 37.8 Å². The molecule has 2 aliphatic heterocycles. The molecule has 1 aliphatic carbocycles. The highest BCUT2D eigenvalue weighted by Gasteiger charge is 2.53. The molecule has 6 rings (SSSR count). The van der Waals surface area contributed by atoms with Gasteiger partial charge in [-0.1, -0.05) is 0 Å². The number of fused-ring (bicyclic) bond motifs is 3. The molecule has 8 heteroatoms. The molecule has 3 fully saturated rings. The first-order valence-electron chi connectivity index (χ1n) is 11.5. The van der Waals surface area contributed by atoms with Gasteiger partial charge in [-0.3, -0.25) is 9.58 Å². The summed E-state index contributed by atoms with van der Waals surface area (Å²) in [6.45, 7) is 2.62. The van der Waals surface area contributed by atoms with Crippen LogP contribution in [-0.2, 0) is 11.8 Å². The average molecular weight is 432 g/mol. The summed E-state index contributed by atoms with van der Waals surface area (Å²) in [5.74, 6) is 0. The summed E-state index contributed by atoms with van der Waals surface area (Å²) in [5, 5.41) is 18.5. The number of nitriles is 1. The SMILES string of the molecule is COCC1(C#N)CC(N2[C@H]3CC[C@H]2CN(c2ccnn4cc(-c5cnn(C)c5)cc24)C3)C1. The number of anilines is 1. The maximum absolute atomic E-state index is 9.64. The van der Waals surface area contributed by atoms with Crippen LogP contribution in [0.1, 0.15) is 25.7 Å². The quantitative estimate of drug-likeness (QED) is 0.618. The largest absolute Gasteiger partial charge is 0.383 e. The summed E-state index contributed by atoms with van der Waals surface area (Å²) in [5.41, 5.74) is 4.37. The average Bonchev–Trinajstić information content (AvgIpc) is 3.45. The second-order valence-electron chi connectivity index (χ2n) is 9.80. The molecule has 0 N–H and O–H groups in total. The molecule has 0 amide bonds. The molecule has 0 aromatic carbocycles. The third-order valence-electron chi connectivity index (χ3n) is 7.74.